The van der Waals surface area contributed by atoms with Crippen LogP contribution in [0.1, 0.15) is 88.9 Å². The van der Waals surface area contributed by atoms with Crippen molar-refractivity contribution < 1.29 is 18.8 Å². The lowest BCUT2D eigenvalue weighted by molar-refractivity contribution is -0.133. The monoisotopic (exact) mass is 887 g/mol. The molecular weight excluding hydrogens is 834 g/mol. The minimum absolute atomic E-state index is 0.0501. The van der Waals surface area contributed by atoms with Crippen molar-refractivity contribution in [1.29, 1.82) is 0 Å². The number of rotatable bonds is 10. The first kappa shape index (κ1) is 42.0. The van der Waals surface area contributed by atoms with E-state index in [2.05, 4.69) is 90.8 Å². The Balaban J connectivity index is 0.651. The van der Waals surface area contributed by atoms with Gasteiger partial charge in [-0.1, -0.05) is 24.3 Å². The number of fused-ring (bicyclic) bond motifs is 3. The number of benzene rings is 3. The summed E-state index contributed by atoms with van der Waals surface area (Å²) < 4.78 is 19.6. The van der Waals surface area contributed by atoms with Crippen molar-refractivity contribution >= 4 is 45.3 Å². The standard InChI is InChI=1S/C51H54FN11O3/c1-59-40(27-44-42(12-17-53-49(44)59)36-6-9-46-37(24-36)28-54-57-46)30-61-18-13-33(14-19-61)32-2-4-35(5-3-32)51(66)62-22-23-63-41(31-62)25-39(58-63)29-60-20-15-34(16-21-60)43-8-7-38(26-45(43)52)55-47-10-11-48(64)56-50(47)65/h2-9,12,17,24-28,33-34,47,55H,10-11,13-16,18-23,29-31H2,1H3,(H,54,57)(H,56,64,65). The van der Waals surface area contributed by atoms with Crippen LogP contribution >= 0.6 is 0 Å². The summed E-state index contributed by atoms with van der Waals surface area (Å²) in [4.78, 5) is 49.0. The van der Waals surface area contributed by atoms with Crippen LogP contribution in [0.25, 0.3) is 33.1 Å². The first-order valence-corrected chi connectivity index (χ1v) is 23.3. The SMILES string of the molecule is Cn1c(CN2CCC(c3ccc(C(=O)N4CCn5nc(CN6CCC(c7ccc(NC8CCC(=O)NC8=O)cc7F)CC6)cc5C4)cc3)CC2)cc2c(-c3ccc4[nH]ncc4c3)ccnc21. The van der Waals surface area contributed by atoms with E-state index in [0.29, 0.717) is 49.8 Å². The van der Waals surface area contributed by atoms with Gasteiger partial charge in [-0.3, -0.25) is 39.3 Å². The highest BCUT2D eigenvalue weighted by molar-refractivity contribution is 6.01. The van der Waals surface area contributed by atoms with Gasteiger partial charge in [0.1, 0.15) is 17.5 Å². The fourth-order valence-corrected chi connectivity index (χ4v) is 10.7. The highest BCUT2D eigenvalue weighted by Crippen LogP contribution is 2.35. The van der Waals surface area contributed by atoms with Crippen LogP contribution in [-0.2, 0) is 42.8 Å². The smallest absolute Gasteiger partial charge is 0.254 e. The third-order valence-electron chi connectivity index (χ3n) is 14.5. The van der Waals surface area contributed by atoms with E-state index in [1.165, 1.54) is 22.9 Å². The molecule has 0 saturated carbocycles. The van der Waals surface area contributed by atoms with Crippen molar-refractivity contribution in [2.45, 2.75) is 82.6 Å². The van der Waals surface area contributed by atoms with E-state index in [-0.39, 0.29) is 35.9 Å². The number of carbonyl (C=O) groups excluding carboxylic acids is 3. The first-order chi connectivity index (χ1) is 32.2. The molecule has 7 aromatic rings. The Morgan fingerprint density at radius 1 is 0.833 bits per heavy atom. The lowest BCUT2D eigenvalue weighted by Crippen LogP contribution is -2.47. The number of likely N-dealkylation sites (tertiary alicyclic amines) is 2. The van der Waals surface area contributed by atoms with Crippen molar-refractivity contribution in [2.24, 2.45) is 7.05 Å². The molecule has 8 heterocycles. The third kappa shape index (κ3) is 8.37. The van der Waals surface area contributed by atoms with Crippen molar-refractivity contribution in [2.75, 3.05) is 38.0 Å². The number of aryl methyl sites for hydroxylation is 1. The van der Waals surface area contributed by atoms with E-state index in [1.54, 1.807) is 0 Å². The molecule has 338 valence electrons. The molecule has 66 heavy (non-hydrogen) atoms. The van der Waals surface area contributed by atoms with Crippen molar-refractivity contribution in [1.82, 2.24) is 49.5 Å². The number of H-pyrrole nitrogens is 1. The zero-order valence-electron chi connectivity index (χ0n) is 37.2. The molecule has 0 spiro atoms. The summed E-state index contributed by atoms with van der Waals surface area (Å²) in [5, 5.41) is 19.8. The summed E-state index contributed by atoms with van der Waals surface area (Å²) in [7, 11) is 2.12. The second kappa shape index (κ2) is 17.6. The molecule has 3 N–H and O–H groups in total. The number of nitrogens with one attached hydrogen (secondary N) is 3. The number of carbonyl (C=O) groups is 3. The van der Waals surface area contributed by atoms with Gasteiger partial charge >= 0.3 is 0 Å². The van der Waals surface area contributed by atoms with Crippen molar-refractivity contribution in [3.63, 3.8) is 0 Å². The Hall–Kier alpha value is -6.71. The average molecular weight is 888 g/mol. The lowest BCUT2D eigenvalue weighted by Gasteiger charge is -2.32. The van der Waals surface area contributed by atoms with Crippen LogP contribution in [0.2, 0.25) is 0 Å². The second-order valence-corrected chi connectivity index (χ2v) is 18.6. The molecule has 1 atom stereocenters. The molecule has 0 aliphatic carbocycles. The Labute approximate surface area is 382 Å². The summed E-state index contributed by atoms with van der Waals surface area (Å²) in [6, 6.07) is 25.8. The largest absolute Gasteiger partial charge is 0.374 e. The molecular formula is C51H54FN11O3. The molecule has 0 radical (unpaired) electrons. The number of aromatic amines is 1. The number of anilines is 1. The van der Waals surface area contributed by atoms with Crippen LogP contribution in [0.5, 0.6) is 0 Å². The zero-order valence-corrected chi connectivity index (χ0v) is 37.2. The van der Waals surface area contributed by atoms with Gasteiger partial charge in [0.25, 0.3) is 5.91 Å². The molecule has 4 aliphatic rings. The number of imide groups is 1. The van der Waals surface area contributed by atoms with Gasteiger partial charge in [-0.25, -0.2) is 9.37 Å². The van der Waals surface area contributed by atoms with Gasteiger partial charge < -0.3 is 14.8 Å². The minimum atomic E-state index is -0.550. The molecule has 1 unspecified atom stereocenters. The Kier molecular flexibility index (Phi) is 11.2. The molecule has 3 aromatic carbocycles. The fraction of sp³-hybridized carbons (Fsp3) is 0.373. The van der Waals surface area contributed by atoms with Crippen LogP contribution in [-0.4, -0.2) is 101 Å². The maximum absolute atomic E-state index is 15.3. The van der Waals surface area contributed by atoms with E-state index in [9.17, 15) is 14.4 Å². The number of nitrogens with zero attached hydrogens (tertiary/aromatic N) is 8. The number of piperidine rings is 3. The van der Waals surface area contributed by atoms with E-state index >= 15 is 4.39 Å². The maximum atomic E-state index is 15.3. The second-order valence-electron chi connectivity index (χ2n) is 18.6. The molecule has 0 bridgehead atoms. The number of pyridine rings is 1. The Morgan fingerprint density at radius 3 is 2.41 bits per heavy atom. The highest BCUT2D eigenvalue weighted by atomic mass is 19.1. The molecule has 3 saturated heterocycles. The molecule has 4 aromatic heterocycles. The quantitative estimate of drug-likeness (QED) is 0.123. The summed E-state index contributed by atoms with van der Waals surface area (Å²) in [6.07, 6.45) is 8.24. The molecule has 11 rings (SSSR count). The third-order valence-corrected chi connectivity index (χ3v) is 14.5. The van der Waals surface area contributed by atoms with Crippen molar-refractivity contribution in [3.8, 4) is 11.1 Å². The van der Waals surface area contributed by atoms with Gasteiger partial charge in [0.2, 0.25) is 11.8 Å². The lowest BCUT2D eigenvalue weighted by atomic mass is 9.89. The summed E-state index contributed by atoms with van der Waals surface area (Å²) in [6.45, 7) is 7.06. The van der Waals surface area contributed by atoms with Gasteiger partial charge in [0, 0.05) is 67.0 Å². The normalized spacial score (nSPS) is 19.1. The van der Waals surface area contributed by atoms with Gasteiger partial charge in [0.05, 0.1) is 36.2 Å². The van der Waals surface area contributed by atoms with Crippen LogP contribution in [0, 0.1) is 5.82 Å². The average Bonchev–Trinajstić information content (AvgIpc) is 4.06. The Bertz CT molecular complexity index is 2960. The molecule has 4 aliphatic heterocycles. The molecule has 14 nitrogen and oxygen atoms in total. The molecule has 3 amide bonds. The predicted molar refractivity (Wildman–Crippen MR) is 250 cm³/mol. The van der Waals surface area contributed by atoms with E-state index < -0.39 is 6.04 Å². The van der Waals surface area contributed by atoms with Crippen LogP contribution < -0.4 is 10.6 Å². The van der Waals surface area contributed by atoms with Gasteiger partial charge in [-0.2, -0.15) is 10.2 Å². The van der Waals surface area contributed by atoms with E-state index in [1.807, 2.05) is 46.2 Å². The van der Waals surface area contributed by atoms with Gasteiger partial charge in [-0.15, -0.1) is 0 Å². The number of aromatic nitrogens is 6. The fourth-order valence-electron chi connectivity index (χ4n) is 10.7. The topological polar surface area (TPSA) is 149 Å². The van der Waals surface area contributed by atoms with E-state index in [4.69, 9.17) is 10.1 Å². The summed E-state index contributed by atoms with van der Waals surface area (Å²) >= 11 is 0. The first-order valence-electron chi connectivity index (χ1n) is 23.3. The number of hydrogen-bond donors (Lipinski definition) is 3. The van der Waals surface area contributed by atoms with Crippen LogP contribution in [0.15, 0.2) is 91.3 Å². The van der Waals surface area contributed by atoms with Crippen molar-refractivity contribution in [3.05, 3.63) is 131 Å². The van der Waals surface area contributed by atoms with Crippen LogP contribution in [0.4, 0.5) is 10.1 Å². The predicted octanol–water partition coefficient (Wildman–Crippen LogP) is 7.08. The minimum Gasteiger partial charge on any atom is -0.374 e. The number of amides is 3. The number of hydrogen-bond acceptors (Lipinski definition) is 9. The molecule has 3 fully saturated rings. The summed E-state index contributed by atoms with van der Waals surface area (Å²) in [5.74, 6) is -0.307. The number of halogens is 1. The highest BCUT2D eigenvalue weighted by Gasteiger charge is 2.30. The van der Waals surface area contributed by atoms with E-state index in [0.717, 1.165) is 103 Å². The molecule has 15 heteroatoms. The van der Waals surface area contributed by atoms with Gasteiger partial charge in [0.15, 0.2) is 0 Å². The Morgan fingerprint density at radius 2 is 1.62 bits per heavy atom. The van der Waals surface area contributed by atoms with Crippen LogP contribution in [0.3, 0.4) is 0 Å². The zero-order chi connectivity index (χ0) is 44.9. The van der Waals surface area contributed by atoms with Gasteiger partial charge in [-0.05, 0) is 147 Å². The summed E-state index contributed by atoms with van der Waals surface area (Å²) in [5.41, 5.74) is 10.9. The maximum Gasteiger partial charge on any atom is 0.254 e.